The highest BCUT2D eigenvalue weighted by Crippen LogP contribution is 2.18. The molecule has 0 N–H and O–H groups in total. The fourth-order valence-corrected chi connectivity index (χ4v) is 1.19. The van der Waals surface area contributed by atoms with E-state index in [9.17, 15) is 4.79 Å². The van der Waals surface area contributed by atoms with Gasteiger partial charge < -0.3 is 8.94 Å². The standard InChI is InChI=1S/C10H10N2O3/c1-6(13)5-9-11-10(12-15-9)8-4-3-7(2)14-8/h3-4H,5H2,1-2H3. The van der Waals surface area contributed by atoms with Crippen molar-refractivity contribution in [2.75, 3.05) is 0 Å². The summed E-state index contributed by atoms with van der Waals surface area (Å²) in [6.07, 6.45) is 0.159. The van der Waals surface area contributed by atoms with Crippen molar-refractivity contribution in [3.8, 4) is 11.6 Å². The number of nitrogens with zero attached hydrogens (tertiary/aromatic N) is 2. The van der Waals surface area contributed by atoms with Gasteiger partial charge in [0.15, 0.2) is 5.76 Å². The molecule has 0 atom stereocenters. The summed E-state index contributed by atoms with van der Waals surface area (Å²) >= 11 is 0. The second kappa shape index (κ2) is 3.68. The van der Waals surface area contributed by atoms with Gasteiger partial charge in [0, 0.05) is 0 Å². The molecule has 0 bridgehead atoms. The molecule has 0 aromatic carbocycles. The Labute approximate surface area is 86.1 Å². The van der Waals surface area contributed by atoms with Crippen molar-refractivity contribution < 1.29 is 13.7 Å². The van der Waals surface area contributed by atoms with E-state index >= 15 is 0 Å². The molecule has 0 fully saturated rings. The van der Waals surface area contributed by atoms with Gasteiger partial charge in [0.2, 0.25) is 11.7 Å². The van der Waals surface area contributed by atoms with E-state index in [-0.39, 0.29) is 12.2 Å². The lowest BCUT2D eigenvalue weighted by molar-refractivity contribution is -0.116. The van der Waals surface area contributed by atoms with Crippen LogP contribution in [0.25, 0.3) is 11.6 Å². The summed E-state index contributed by atoms with van der Waals surface area (Å²) in [7, 11) is 0. The summed E-state index contributed by atoms with van der Waals surface area (Å²) in [6, 6.07) is 3.58. The second-order valence-electron chi connectivity index (χ2n) is 3.30. The molecule has 0 aliphatic heterocycles. The number of furan rings is 1. The van der Waals surface area contributed by atoms with Crippen LogP contribution in [-0.4, -0.2) is 15.9 Å². The maximum atomic E-state index is 10.8. The van der Waals surface area contributed by atoms with Gasteiger partial charge in [0.25, 0.3) is 0 Å². The highest BCUT2D eigenvalue weighted by atomic mass is 16.5. The van der Waals surface area contributed by atoms with Crippen molar-refractivity contribution in [3.05, 3.63) is 23.8 Å². The van der Waals surface area contributed by atoms with E-state index in [1.807, 2.05) is 13.0 Å². The number of Topliss-reactive ketones (excluding diaryl/α,β-unsaturated/α-hetero) is 1. The third kappa shape index (κ3) is 2.12. The number of carbonyl (C=O) groups excluding carboxylic acids is 1. The minimum absolute atomic E-state index is 0.0131. The Hall–Kier alpha value is -1.91. The number of ketones is 1. The molecule has 2 aromatic rings. The molecule has 2 rings (SSSR count). The number of aryl methyl sites for hydroxylation is 1. The van der Waals surface area contributed by atoms with Gasteiger partial charge in [0.05, 0.1) is 6.42 Å². The topological polar surface area (TPSA) is 69.1 Å². The van der Waals surface area contributed by atoms with E-state index in [0.29, 0.717) is 17.5 Å². The molecule has 0 aliphatic rings. The number of aromatic nitrogens is 2. The Morgan fingerprint density at radius 1 is 1.47 bits per heavy atom. The van der Waals surface area contributed by atoms with Crippen molar-refractivity contribution >= 4 is 5.78 Å². The average molecular weight is 206 g/mol. The smallest absolute Gasteiger partial charge is 0.238 e. The van der Waals surface area contributed by atoms with Crippen LogP contribution in [-0.2, 0) is 11.2 Å². The maximum absolute atomic E-state index is 10.8. The fraction of sp³-hybridized carbons (Fsp3) is 0.300. The molecule has 15 heavy (non-hydrogen) atoms. The van der Waals surface area contributed by atoms with Crippen LogP contribution < -0.4 is 0 Å². The summed E-state index contributed by atoms with van der Waals surface area (Å²) in [5.74, 6) is 2.00. The molecular weight excluding hydrogens is 196 g/mol. The van der Waals surface area contributed by atoms with Crippen LogP contribution in [0.1, 0.15) is 18.6 Å². The molecule has 2 heterocycles. The van der Waals surface area contributed by atoms with E-state index in [0.717, 1.165) is 5.76 Å². The van der Waals surface area contributed by atoms with Gasteiger partial charge in [-0.3, -0.25) is 4.79 Å². The lowest BCUT2D eigenvalue weighted by atomic mass is 10.3. The van der Waals surface area contributed by atoms with Crippen LogP contribution in [0.3, 0.4) is 0 Å². The number of hydrogen-bond acceptors (Lipinski definition) is 5. The van der Waals surface area contributed by atoms with Crippen LogP contribution >= 0.6 is 0 Å². The first kappa shape index (κ1) is 9.64. The molecule has 0 radical (unpaired) electrons. The van der Waals surface area contributed by atoms with Gasteiger partial charge in [-0.1, -0.05) is 5.16 Å². The predicted molar refractivity (Wildman–Crippen MR) is 51.1 cm³/mol. The van der Waals surface area contributed by atoms with Crippen molar-refractivity contribution in [1.82, 2.24) is 10.1 Å². The van der Waals surface area contributed by atoms with E-state index < -0.39 is 0 Å². The highest BCUT2D eigenvalue weighted by Gasteiger charge is 2.12. The molecule has 5 nitrogen and oxygen atoms in total. The van der Waals surface area contributed by atoms with Crippen molar-refractivity contribution in [2.24, 2.45) is 0 Å². The molecule has 0 spiro atoms. The Kier molecular flexibility index (Phi) is 2.37. The van der Waals surface area contributed by atoms with E-state index in [1.165, 1.54) is 6.92 Å². The summed E-state index contributed by atoms with van der Waals surface area (Å²) in [5.41, 5.74) is 0. The lowest BCUT2D eigenvalue weighted by Gasteiger charge is -1.85. The summed E-state index contributed by atoms with van der Waals surface area (Å²) in [4.78, 5) is 14.9. The van der Waals surface area contributed by atoms with Crippen LogP contribution in [0.15, 0.2) is 21.1 Å². The highest BCUT2D eigenvalue weighted by molar-refractivity contribution is 5.77. The van der Waals surface area contributed by atoms with E-state index in [4.69, 9.17) is 8.94 Å². The third-order valence-electron chi connectivity index (χ3n) is 1.83. The molecule has 0 unspecified atom stereocenters. The number of carbonyl (C=O) groups is 1. The van der Waals surface area contributed by atoms with Gasteiger partial charge in [-0.15, -0.1) is 0 Å². The third-order valence-corrected chi connectivity index (χ3v) is 1.83. The first-order chi connectivity index (χ1) is 7.15. The average Bonchev–Trinajstić information content (AvgIpc) is 2.72. The zero-order valence-electron chi connectivity index (χ0n) is 8.48. The quantitative estimate of drug-likeness (QED) is 0.765. The predicted octanol–water partition coefficient (Wildman–Crippen LogP) is 1.77. The molecule has 0 saturated heterocycles. The molecule has 0 aliphatic carbocycles. The molecule has 2 aromatic heterocycles. The second-order valence-corrected chi connectivity index (χ2v) is 3.30. The van der Waals surface area contributed by atoms with Gasteiger partial charge in [-0.05, 0) is 26.0 Å². The SMILES string of the molecule is CC(=O)Cc1nc(-c2ccc(C)o2)no1. The maximum Gasteiger partial charge on any atom is 0.238 e. The van der Waals surface area contributed by atoms with Crippen molar-refractivity contribution in [1.29, 1.82) is 0 Å². The van der Waals surface area contributed by atoms with Crippen LogP contribution in [0.4, 0.5) is 0 Å². The number of hydrogen-bond donors (Lipinski definition) is 0. The first-order valence-electron chi connectivity index (χ1n) is 4.54. The Bertz CT molecular complexity index is 484. The normalized spacial score (nSPS) is 10.5. The molecule has 0 amide bonds. The fourth-order valence-electron chi connectivity index (χ4n) is 1.19. The van der Waals surface area contributed by atoms with E-state index in [1.54, 1.807) is 6.07 Å². The van der Waals surface area contributed by atoms with Gasteiger partial charge in [-0.2, -0.15) is 4.98 Å². The monoisotopic (exact) mass is 206 g/mol. The first-order valence-corrected chi connectivity index (χ1v) is 4.54. The lowest BCUT2D eigenvalue weighted by Crippen LogP contribution is -1.95. The zero-order valence-corrected chi connectivity index (χ0v) is 8.48. The summed E-state index contributed by atoms with van der Waals surface area (Å²) in [6.45, 7) is 3.31. The zero-order chi connectivity index (χ0) is 10.8. The van der Waals surface area contributed by atoms with E-state index in [2.05, 4.69) is 10.1 Å². The summed E-state index contributed by atoms with van der Waals surface area (Å²) in [5, 5.41) is 3.72. The van der Waals surface area contributed by atoms with Crippen LogP contribution in [0.2, 0.25) is 0 Å². The molecule has 78 valence electrons. The van der Waals surface area contributed by atoms with Gasteiger partial charge in [-0.25, -0.2) is 0 Å². The summed E-state index contributed by atoms with van der Waals surface area (Å²) < 4.78 is 10.2. The van der Waals surface area contributed by atoms with Crippen LogP contribution in [0, 0.1) is 6.92 Å². The molecular formula is C10H10N2O3. The largest absolute Gasteiger partial charge is 0.458 e. The Morgan fingerprint density at radius 2 is 2.27 bits per heavy atom. The minimum Gasteiger partial charge on any atom is -0.458 e. The van der Waals surface area contributed by atoms with Gasteiger partial charge in [0.1, 0.15) is 11.5 Å². The Balaban J connectivity index is 2.23. The molecule has 5 heteroatoms. The van der Waals surface area contributed by atoms with Crippen molar-refractivity contribution in [2.45, 2.75) is 20.3 Å². The molecule has 0 saturated carbocycles. The number of rotatable bonds is 3. The van der Waals surface area contributed by atoms with Crippen LogP contribution in [0.5, 0.6) is 0 Å². The van der Waals surface area contributed by atoms with Crippen molar-refractivity contribution in [3.63, 3.8) is 0 Å². The van der Waals surface area contributed by atoms with Gasteiger partial charge >= 0.3 is 0 Å². The Morgan fingerprint density at radius 3 is 2.87 bits per heavy atom. The minimum atomic E-state index is -0.0131.